The van der Waals surface area contributed by atoms with E-state index < -0.39 is 5.97 Å². The molecule has 0 bridgehead atoms. The average molecular weight is 318 g/mol. The van der Waals surface area contributed by atoms with Crippen molar-refractivity contribution >= 4 is 17.3 Å². The van der Waals surface area contributed by atoms with E-state index >= 15 is 0 Å². The Balaban J connectivity index is 2.08. The molecule has 2 heterocycles. The van der Waals surface area contributed by atoms with Crippen LogP contribution >= 0.6 is 11.3 Å². The molecule has 0 atom stereocenters. The van der Waals surface area contributed by atoms with Crippen molar-refractivity contribution in [3.05, 3.63) is 34.1 Å². The number of furan rings is 1. The Bertz CT molecular complexity index is 706. The summed E-state index contributed by atoms with van der Waals surface area (Å²) in [5.41, 5.74) is 2.64. The standard InChI is InChI=1S/C18H22O3S/c1-4-5-12-8-11(10-21-12)16-15(17(19)20)13-9-18(2,3)7-6-14(13)22-16/h8,10H,4-7,9H2,1-3H3,(H,19,20). The van der Waals surface area contributed by atoms with E-state index in [0.29, 0.717) is 5.56 Å². The molecule has 0 radical (unpaired) electrons. The summed E-state index contributed by atoms with van der Waals surface area (Å²) in [7, 11) is 0. The molecule has 118 valence electrons. The molecule has 1 aliphatic rings. The summed E-state index contributed by atoms with van der Waals surface area (Å²) in [5.74, 6) is 0.115. The molecule has 4 heteroatoms. The molecule has 0 unspecified atom stereocenters. The van der Waals surface area contributed by atoms with Gasteiger partial charge in [0.15, 0.2) is 0 Å². The quantitative estimate of drug-likeness (QED) is 0.845. The van der Waals surface area contributed by atoms with Crippen LogP contribution < -0.4 is 0 Å². The maximum atomic E-state index is 11.8. The first-order chi connectivity index (χ1) is 10.4. The fraction of sp³-hybridized carbons (Fsp3) is 0.500. The topological polar surface area (TPSA) is 50.4 Å². The Kier molecular flexibility index (Phi) is 3.89. The fourth-order valence-electron chi connectivity index (χ4n) is 3.23. The first-order valence-corrected chi connectivity index (χ1v) is 8.68. The predicted octanol–water partition coefficient (Wildman–Crippen LogP) is 5.17. The van der Waals surface area contributed by atoms with Crippen LogP contribution in [0.25, 0.3) is 10.4 Å². The van der Waals surface area contributed by atoms with Crippen LogP contribution in [-0.4, -0.2) is 11.1 Å². The Labute approximate surface area is 135 Å². The minimum Gasteiger partial charge on any atom is -0.478 e. The second-order valence-electron chi connectivity index (χ2n) is 6.91. The second kappa shape index (κ2) is 5.58. The summed E-state index contributed by atoms with van der Waals surface area (Å²) in [6, 6.07) is 2.00. The lowest BCUT2D eigenvalue weighted by Gasteiger charge is -2.29. The molecule has 0 amide bonds. The summed E-state index contributed by atoms with van der Waals surface area (Å²) >= 11 is 1.63. The third-order valence-corrected chi connectivity index (χ3v) is 5.74. The molecule has 2 aromatic rings. The molecule has 3 rings (SSSR count). The molecule has 0 fully saturated rings. The van der Waals surface area contributed by atoms with Crippen molar-refractivity contribution in [2.24, 2.45) is 5.41 Å². The summed E-state index contributed by atoms with van der Waals surface area (Å²) < 4.78 is 5.58. The van der Waals surface area contributed by atoms with E-state index in [9.17, 15) is 9.90 Å². The highest BCUT2D eigenvalue weighted by atomic mass is 32.1. The Morgan fingerprint density at radius 2 is 2.23 bits per heavy atom. The molecule has 1 aliphatic carbocycles. The maximum absolute atomic E-state index is 11.8. The second-order valence-corrected chi connectivity index (χ2v) is 8.01. The van der Waals surface area contributed by atoms with Crippen LogP contribution in [0.15, 0.2) is 16.7 Å². The van der Waals surface area contributed by atoms with Gasteiger partial charge in [0, 0.05) is 16.9 Å². The lowest BCUT2D eigenvalue weighted by molar-refractivity contribution is 0.0696. The van der Waals surface area contributed by atoms with E-state index in [0.717, 1.165) is 53.9 Å². The number of aromatic carboxylic acids is 1. The van der Waals surface area contributed by atoms with E-state index in [1.807, 2.05) is 6.07 Å². The van der Waals surface area contributed by atoms with E-state index in [1.165, 1.54) is 4.88 Å². The smallest absolute Gasteiger partial charge is 0.337 e. The van der Waals surface area contributed by atoms with Crippen LogP contribution in [-0.2, 0) is 19.3 Å². The number of hydrogen-bond acceptors (Lipinski definition) is 3. The highest BCUT2D eigenvalue weighted by Crippen LogP contribution is 2.45. The van der Waals surface area contributed by atoms with Gasteiger partial charge < -0.3 is 9.52 Å². The summed E-state index contributed by atoms with van der Waals surface area (Å²) in [6.45, 7) is 6.54. The number of carboxylic acid groups (broad SMARTS) is 1. The molecule has 0 aromatic carbocycles. The van der Waals surface area contributed by atoms with Gasteiger partial charge >= 0.3 is 5.97 Å². The number of carboxylic acids is 1. The van der Waals surface area contributed by atoms with Gasteiger partial charge in [-0.15, -0.1) is 11.3 Å². The van der Waals surface area contributed by atoms with E-state index in [1.54, 1.807) is 17.6 Å². The van der Waals surface area contributed by atoms with Crippen LogP contribution in [0.5, 0.6) is 0 Å². The number of aryl methyl sites for hydroxylation is 2. The fourth-order valence-corrected chi connectivity index (χ4v) is 4.51. The third-order valence-electron chi connectivity index (χ3n) is 4.40. The Morgan fingerprint density at radius 3 is 2.91 bits per heavy atom. The van der Waals surface area contributed by atoms with Crippen LogP contribution in [0.1, 0.15) is 60.2 Å². The lowest BCUT2D eigenvalue weighted by Crippen LogP contribution is -2.22. The van der Waals surface area contributed by atoms with Crippen molar-refractivity contribution in [1.29, 1.82) is 0 Å². The minimum absolute atomic E-state index is 0.180. The highest BCUT2D eigenvalue weighted by Gasteiger charge is 2.33. The van der Waals surface area contributed by atoms with Crippen molar-refractivity contribution in [2.45, 2.75) is 52.9 Å². The Morgan fingerprint density at radius 1 is 1.45 bits per heavy atom. The van der Waals surface area contributed by atoms with Gasteiger partial charge in [0.25, 0.3) is 0 Å². The van der Waals surface area contributed by atoms with Crippen molar-refractivity contribution in [3.63, 3.8) is 0 Å². The number of carbonyl (C=O) groups is 1. The van der Waals surface area contributed by atoms with Crippen molar-refractivity contribution < 1.29 is 14.3 Å². The molecule has 0 saturated carbocycles. The van der Waals surface area contributed by atoms with Gasteiger partial charge in [-0.2, -0.15) is 0 Å². The summed E-state index contributed by atoms with van der Waals surface area (Å²) in [5, 5.41) is 9.73. The van der Waals surface area contributed by atoms with Crippen LogP contribution in [0.3, 0.4) is 0 Å². The first-order valence-electron chi connectivity index (χ1n) is 7.87. The lowest BCUT2D eigenvalue weighted by atomic mass is 9.76. The highest BCUT2D eigenvalue weighted by molar-refractivity contribution is 7.16. The maximum Gasteiger partial charge on any atom is 0.337 e. The largest absolute Gasteiger partial charge is 0.478 e. The van der Waals surface area contributed by atoms with Gasteiger partial charge in [-0.05, 0) is 42.7 Å². The predicted molar refractivity (Wildman–Crippen MR) is 88.8 cm³/mol. The van der Waals surface area contributed by atoms with Gasteiger partial charge in [-0.3, -0.25) is 0 Å². The molecule has 0 aliphatic heterocycles. The van der Waals surface area contributed by atoms with Crippen molar-refractivity contribution in [1.82, 2.24) is 0 Å². The molecular formula is C18H22O3S. The zero-order valence-corrected chi connectivity index (χ0v) is 14.2. The molecule has 3 nitrogen and oxygen atoms in total. The van der Waals surface area contributed by atoms with Gasteiger partial charge in [0.1, 0.15) is 5.76 Å². The van der Waals surface area contributed by atoms with Crippen LogP contribution in [0.4, 0.5) is 0 Å². The molecular weight excluding hydrogens is 296 g/mol. The van der Waals surface area contributed by atoms with Crippen molar-refractivity contribution in [3.8, 4) is 10.4 Å². The number of thiophene rings is 1. The van der Waals surface area contributed by atoms with Crippen LogP contribution in [0, 0.1) is 5.41 Å². The third kappa shape index (κ3) is 2.72. The molecule has 1 N–H and O–H groups in total. The zero-order valence-electron chi connectivity index (χ0n) is 13.4. The summed E-state index contributed by atoms with van der Waals surface area (Å²) in [6.07, 6.45) is 6.56. The number of rotatable bonds is 4. The van der Waals surface area contributed by atoms with E-state index in [2.05, 4.69) is 20.8 Å². The number of hydrogen-bond donors (Lipinski definition) is 1. The minimum atomic E-state index is -0.816. The van der Waals surface area contributed by atoms with E-state index in [-0.39, 0.29) is 5.41 Å². The Hall–Kier alpha value is -1.55. The zero-order chi connectivity index (χ0) is 15.9. The van der Waals surface area contributed by atoms with Gasteiger partial charge in [-0.25, -0.2) is 4.79 Å². The van der Waals surface area contributed by atoms with Crippen molar-refractivity contribution in [2.75, 3.05) is 0 Å². The SMILES string of the molecule is CCCc1cc(-c2sc3c(c2C(=O)O)CC(C)(C)CC3)co1. The molecule has 0 saturated heterocycles. The molecule has 2 aromatic heterocycles. The molecule has 0 spiro atoms. The molecule has 22 heavy (non-hydrogen) atoms. The summed E-state index contributed by atoms with van der Waals surface area (Å²) in [4.78, 5) is 14.0. The van der Waals surface area contributed by atoms with Crippen LogP contribution in [0.2, 0.25) is 0 Å². The first kappa shape index (κ1) is 15.3. The van der Waals surface area contributed by atoms with Gasteiger partial charge in [0.2, 0.25) is 0 Å². The average Bonchev–Trinajstić information content (AvgIpc) is 3.01. The number of fused-ring (bicyclic) bond motifs is 1. The normalized spacial score (nSPS) is 16.5. The van der Waals surface area contributed by atoms with E-state index in [4.69, 9.17) is 4.42 Å². The van der Waals surface area contributed by atoms with Gasteiger partial charge in [0.05, 0.1) is 16.7 Å². The monoisotopic (exact) mass is 318 g/mol. The van der Waals surface area contributed by atoms with Gasteiger partial charge in [-0.1, -0.05) is 20.8 Å².